The molecule has 0 aliphatic rings. The first-order valence-corrected chi connectivity index (χ1v) is 8.70. The third-order valence-electron chi connectivity index (χ3n) is 3.68. The Balaban J connectivity index is 1.80. The van der Waals surface area contributed by atoms with Crippen LogP contribution in [-0.4, -0.2) is 17.0 Å². The van der Waals surface area contributed by atoms with Gasteiger partial charge in [0.2, 0.25) is 0 Å². The zero-order valence-electron chi connectivity index (χ0n) is 14.2. The first-order chi connectivity index (χ1) is 13.1. The number of nitro groups is 1. The van der Waals surface area contributed by atoms with Crippen molar-refractivity contribution in [2.24, 2.45) is 0 Å². The van der Waals surface area contributed by atoms with Gasteiger partial charge in [-0.2, -0.15) is 5.26 Å². The summed E-state index contributed by atoms with van der Waals surface area (Å²) in [4.78, 5) is 14.8. The smallest absolute Gasteiger partial charge is 0.269 e. The minimum Gasteiger partial charge on any atom is -0.497 e. The third kappa shape index (κ3) is 4.29. The SMILES string of the molecule is COc1cccc(N/C=C(\C#N)c2nc(-c3ccc([N+](=O)[O-])cc3)cs2)c1. The van der Waals surface area contributed by atoms with Gasteiger partial charge in [0.25, 0.3) is 5.69 Å². The van der Waals surface area contributed by atoms with Gasteiger partial charge in [-0.05, 0) is 24.3 Å². The fraction of sp³-hybridized carbons (Fsp3) is 0.0526. The molecule has 0 aliphatic carbocycles. The lowest BCUT2D eigenvalue weighted by molar-refractivity contribution is -0.384. The summed E-state index contributed by atoms with van der Waals surface area (Å²) in [5.41, 5.74) is 2.60. The largest absolute Gasteiger partial charge is 0.497 e. The second kappa shape index (κ2) is 8.12. The van der Waals surface area contributed by atoms with E-state index in [1.54, 1.807) is 25.4 Å². The van der Waals surface area contributed by atoms with Crippen molar-refractivity contribution in [1.29, 1.82) is 5.26 Å². The van der Waals surface area contributed by atoms with Crippen LogP contribution in [-0.2, 0) is 0 Å². The van der Waals surface area contributed by atoms with Gasteiger partial charge < -0.3 is 10.1 Å². The highest BCUT2D eigenvalue weighted by Crippen LogP contribution is 2.27. The van der Waals surface area contributed by atoms with Gasteiger partial charge in [-0.1, -0.05) is 6.07 Å². The molecule has 0 saturated carbocycles. The Hall–Kier alpha value is -3.70. The zero-order valence-corrected chi connectivity index (χ0v) is 15.1. The van der Waals surface area contributed by atoms with E-state index in [-0.39, 0.29) is 5.69 Å². The van der Waals surface area contributed by atoms with Gasteiger partial charge in [0.05, 0.1) is 17.7 Å². The molecule has 0 bridgehead atoms. The number of thiazole rings is 1. The van der Waals surface area contributed by atoms with E-state index in [0.29, 0.717) is 22.0 Å². The molecule has 0 radical (unpaired) electrons. The molecule has 0 amide bonds. The molecule has 3 aromatic rings. The average Bonchev–Trinajstić information content (AvgIpc) is 3.19. The predicted molar refractivity (Wildman–Crippen MR) is 104 cm³/mol. The lowest BCUT2D eigenvalue weighted by Crippen LogP contribution is -1.92. The molecule has 1 N–H and O–H groups in total. The Morgan fingerprint density at radius 3 is 2.78 bits per heavy atom. The van der Waals surface area contributed by atoms with E-state index in [9.17, 15) is 15.4 Å². The molecule has 2 aromatic carbocycles. The van der Waals surface area contributed by atoms with Gasteiger partial charge in [0.1, 0.15) is 22.4 Å². The molecule has 1 aromatic heterocycles. The van der Waals surface area contributed by atoms with Crippen LogP contribution in [0, 0.1) is 21.4 Å². The topological polar surface area (TPSA) is 101 Å². The maximum absolute atomic E-state index is 10.7. The summed E-state index contributed by atoms with van der Waals surface area (Å²) in [6, 6.07) is 15.6. The second-order valence-electron chi connectivity index (χ2n) is 5.39. The number of non-ortho nitro benzene ring substituents is 1. The van der Waals surface area contributed by atoms with Crippen molar-refractivity contribution >= 4 is 28.3 Å². The van der Waals surface area contributed by atoms with Crippen molar-refractivity contribution < 1.29 is 9.66 Å². The maximum atomic E-state index is 10.7. The number of allylic oxidation sites excluding steroid dienone is 1. The molecule has 0 atom stereocenters. The summed E-state index contributed by atoms with van der Waals surface area (Å²) in [6.07, 6.45) is 1.59. The number of nitrogens with one attached hydrogen (secondary N) is 1. The van der Waals surface area contributed by atoms with Gasteiger partial charge in [0.15, 0.2) is 0 Å². The number of benzene rings is 2. The van der Waals surface area contributed by atoms with E-state index in [2.05, 4.69) is 16.4 Å². The number of nitriles is 1. The Bertz CT molecular complexity index is 1040. The molecule has 0 fully saturated rings. The highest BCUT2D eigenvalue weighted by molar-refractivity contribution is 7.11. The van der Waals surface area contributed by atoms with Gasteiger partial charge in [-0.15, -0.1) is 11.3 Å². The monoisotopic (exact) mass is 378 g/mol. The predicted octanol–water partition coefficient (Wildman–Crippen LogP) is 4.70. The number of aromatic nitrogens is 1. The standard InChI is InChI=1S/C19H14N4O3S/c1-26-17-4-2-3-15(9-17)21-11-14(10-20)19-22-18(12-27-19)13-5-7-16(8-6-13)23(24)25/h2-9,11-12,21H,1H3/b14-11+. The average molecular weight is 378 g/mol. The number of ether oxygens (including phenoxy) is 1. The zero-order chi connectivity index (χ0) is 19.2. The number of nitrogens with zero attached hydrogens (tertiary/aromatic N) is 3. The van der Waals surface area contributed by atoms with Gasteiger partial charge in [-0.25, -0.2) is 4.98 Å². The van der Waals surface area contributed by atoms with Crippen molar-refractivity contribution in [3.8, 4) is 23.1 Å². The van der Waals surface area contributed by atoms with Gasteiger partial charge >= 0.3 is 0 Å². The van der Waals surface area contributed by atoms with Crippen LogP contribution in [0.25, 0.3) is 16.8 Å². The summed E-state index contributed by atoms with van der Waals surface area (Å²) < 4.78 is 5.17. The molecule has 0 aliphatic heterocycles. The first-order valence-electron chi connectivity index (χ1n) is 7.82. The molecule has 8 heteroatoms. The Kier molecular flexibility index (Phi) is 5.44. The van der Waals surface area contributed by atoms with Crippen LogP contribution in [0.1, 0.15) is 5.01 Å². The molecule has 0 unspecified atom stereocenters. The summed E-state index contributed by atoms with van der Waals surface area (Å²) in [5, 5.41) is 25.6. The summed E-state index contributed by atoms with van der Waals surface area (Å²) in [5.74, 6) is 0.710. The molecular formula is C19H14N4O3S. The molecule has 0 saturated heterocycles. The highest BCUT2D eigenvalue weighted by Gasteiger charge is 2.11. The van der Waals surface area contributed by atoms with Crippen molar-refractivity contribution in [2.75, 3.05) is 12.4 Å². The van der Waals surface area contributed by atoms with Gasteiger partial charge in [0, 0.05) is 41.0 Å². The number of methoxy groups -OCH3 is 1. The molecule has 27 heavy (non-hydrogen) atoms. The lowest BCUT2D eigenvalue weighted by atomic mass is 10.1. The second-order valence-corrected chi connectivity index (χ2v) is 6.25. The molecule has 7 nitrogen and oxygen atoms in total. The third-order valence-corrected chi connectivity index (χ3v) is 4.56. The Morgan fingerprint density at radius 1 is 1.33 bits per heavy atom. The van der Waals surface area contributed by atoms with Crippen LogP contribution in [0.5, 0.6) is 5.75 Å². The number of anilines is 1. The minimum atomic E-state index is -0.447. The Morgan fingerprint density at radius 2 is 2.11 bits per heavy atom. The van der Waals surface area contributed by atoms with Crippen molar-refractivity contribution in [2.45, 2.75) is 0 Å². The van der Waals surface area contributed by atoms with Crippen molar-refractivity contribution in [1.82, 2.24) is 4.98 Å². The van der Waals surface area contributed by atoms with Crippen molar-refractivity contribution in [3.63, 3.8) is 0 Å². The van der Waals surface area contributed by atoms with Crippen LogP contribution >= 0.6 is 11.3 Å². The van der Waals surface area contributed by atoms with Crippen LogP contribution < -0.4 is 10.1 Å². The summed E-state index contributed by atoms with van der Waals surface area (Å²) in [6.45, 7) is 0. The van der Waals surface area contributed by atoms with Crippen LogP contribution in [0.2, 0.25) is 0 Å². The van der Waals surface area contributed by atoms with Crippen LogP contribution in [0.3, 0.4) is 0 Å². The number of hydrogen-bond donors (Lipinski definition) is 1. The number of rotatable bonds is 6. The maximum Gasteiger partial charge on any atom is 0.269 e. The number of nitro benzene ring substituents is 1. The van der Waals surface area contributed by atoms with E-state index < -0.39 is 4.92 Å². The Labute approximate surface area is 159 Å². The quantitative estimate of drug-likeness (QED) is 0.379. The van der Waals surface area contributed by atoms with E-state index >= 15 is 0 Å². The summed E-state index contributed by atoms with van der Waals surface area (Å²) in [7, 11) is 1.59. The van der Waals surface area contributed by atoms with Crippen LogP contribution in [0.4, 0.5) is 11.4 Å². The molecular weight excluding hydrogens is 364 g/mol. The fourth-order valence-corrected chi connectivity index (χ4v) is 3.09. The van der Waals surface area contributed by atoms with E-state index in [1.165, 1.54) is 23.5 Å². The summed E-state index contributed by atoms with van der Waals surface area (Å²) >= 11 is 1.33. The van der Waals surface area contributed by atoms with E-state index in [4.69, 9.17) is 4.74 Å². The minimum absolute atomic E-state index is 0.0225. The molecule has 1 heterocycles. The van der Waals surface area contributed by atoms with Gasteiger partial charge in [-0.3, -0.25) is 10.1 Å². The molecule has 3 rings (SSSR count). The van der Waals surface area contributed by atoms with E-state index in [1.807, 2.05) is 29.6 Å². The number of hydrogen-bond acceptors (Lipinski definition) is 7. The van der Waals surface area contributed by atoms with Crippen molar-refractivity contribution in [3.05, 3.63) is 75.2 Å². The normalized spacial score (nSPS) is 10.9. The fourth-order valence-electron chi connectivity index (χ4n) is 2.29. The highest BCUT2D eigenvalue weighted by atomic mass is 32.1. The molecule has 0 spiro atoms. The van der Waals surface area contributed by atoms with E-state index in [0.717, 1.165) is 11.3 Å². The first kappa shape index (κ1) is 18.1. The van der Waals surface area contributed by atoms with Crippen LogP contribution in [0.15, 0.2) is 60.1 Å². The molecule has 134 valence electrons. The lowest BCUT2D eigenvalue weighted by Gasteiger charge is -2.04.